The summed E-state index contributed by atoms with van der Waals surface area (Å²) in [7, 11) is 0. The molecular formula is C20H21FN4S. The molecule has 0 saturated carbocycles. The second kappa shape index (κ2) is 8.01. The van der Waals surface area contributed by atoms with Crippen molar-refractivity contribution in [2.45, 2.75) is 30.3 Å². The molecule has 4 nitrogen and oxygen atoms in total. The molecule has 6 heteroatoms. The predicted molar refractivity (Wildman–Crippen MR) is 102 cm³/mol. The highest BCUT2D eigenvalue weighted by molar-refractivity contribution is 7.98. The summed E-state index contributed by atoms with van der Waals surface area (Å²) in [6, 6.07) is 16.9. The number of thioether (sulfide) groups is 1. The molecule has 0 atom stereocenters. The number of halogens is 1. The molecule has 0 aliphatic carbocycles. The van der Waals surface area contributed by atoms with Crippen molar-refractivity contribution in [3.8, 4) is 5.69 Å². The van der Waals surface area contributed by atoms with Gasteiger partial charge < -0.3 is 0 Å². The van der Waals surface area contributed by atoms with E-state index in [1.165, 1.54) is 25.0 Å². The average molecular weight is 368 g/mol. The first-order valence-electron chi connectivity index (χ1n) is 8.89. The topological polar surface area (TPSA) is 34.0 Å². The Morgan fingerprint density at radius 3 is 2.38 bits per heavy atom. The molecule has 1 fully saturated rings. The van der Waals surface area contributed by atoms with E-state index >= 15 is 0 Å². The number of rotatable bonds is 6. The first-order valence-corrected chi connectivity index (χ1v) is 9.87. The van der Waals surface area contributed by atoms with E-state index in [-0.39, 0.29) is 5.82 Å². The molecule has 0 radical (unpaired) electrons. The van der Waals surface area contributed by atoms with Crippen LogP contribution in [-0.4, -0.2) is 32.8 Å². The maximum atomic E-state index is 13.1. The number of likely N-dealkylation sites (tertiary alicyclic amines) is 1. The number of aromatic nitrogens is 3. The molecule has 1 saturated heterocycles. The quantitative estimate of drug-likeness (QED) is 0.608. The van der Waals surface area contributed by atoms with Crippen LogP contribution in [0.3, 0.4) is 0 Å². The van der Waals surface area contributed by atoms with Crippen molar-refractivity contribution in [1.82, 2.24) is 19.7 Å². The van der Waals surface area contributed by atoms with Crippen molar-refractivity contribution in [1.29, 1.82) is 0 Å². The van der Waals surface area contributed by atoms with Gasteiger partial charge in [0.25, 0.3) is 0 Å². The SMILES string of the molecule is Fc1ccc(CSc2nnc(CN3CCCC3)n2-c2ccccc2)cc1. The van der Waals surface area contributed by atoms with Gasteiger partial charge in [-0.15, -0.1) is 10.2 Å². The normalized spacial score (nSPS) is 14.8. The van der Waals surface area contributed by atoms with E-state index in [0.717, 1.165) is 47.6 Å². The standard InChI is InChI=1S/C20H21FN4S/c21-17-10-8-16(9-11-17)15-26-20-23-22-19(14-24-12-4-5-13-24)25(20)18-6-2-1-3-7-18/h1-3,6-11H,4-5,12-15H2. The molecule has 0 spiro atoms. The Balaban J connectivity index is 1.58. The highest BCUT2D eigenvalue weighted by Crippen LogP contribution is 2.26. The molecule has 134 valence electrons. The molecule has 26 heavy (non-hydrogen) atoms. The van der Waals surface area contributed by atoms with Crippen LogP contribution in [0.1, 0.15) is 24.2 Å². The molecular weight excluding hydrogens is 347 g/mol. The first-order chi connectivity index (χ1) is 12.8. The third kappa shape index (κ3) is 3.97. The lowest BCUT2D eigenvalue weighted by molar-refractivity contribution is 0.319. The zero-order valence-electron chi connectivity index (χ0n) is 14.5. The van der Waals surface area contributed by atoms with Gasteiger partial charge in [0.05, 0.1) is 6.54 Å². The third-order valence-electron chi connectivity index (χ3n) is 4.56. The molecule has 1 aromatic heterocycles. The van der Waals surface area contributed by atoms with E-state index in [1.54, 1.807) is 11.8 Å². The number of hydrogen-bond donors (Lipinski definition) is 0. The van der Waals surface area contributed by atoms with Crippen molar-refractivity contribution in [2.24, 2.45) is 0 Å². The maximum Gasteiger partial charge on any atom is 0.196 e. The molecule has 0 bridgehead atoms. The van der Waals surface area contributed by atoms with Crippen LogP contribution in [0.25, 0.3) is 5.69 Å². The van der Waals surface area contributed by atoms with Gasteiger partial charge in [-0.3, -0.25) is 9.47 Å². The lowest BCUT2D eigenvalue weighted by atomic mass is 10.2. The fraction of sp³-hybridized carbons (Fsp3) is 0.300. The Morgan fingerprint density at radius 1 is 0.923 bits per heavy atom. The number of para-hydroxylation sites is 1. The fourth-order valence-corrected chi connectivity index (χ4v) is 4.13. The number of hydrogen-bond acceptors (Lipinski definition) is 4. The van der Waals surface area contributed by atoms with Gasteiger partial charge in [-0.2, -0.15) is 0 Å². The number of benzene rings is 2. The van der Waals surface area contributed by atoms with Gasteiger partial charge in [-0.25, -0.2) is 4.39 Å². The Morgan fingerprint density at radius 2 is 1.65 bits per heavy atom. The maximum absolute atomic E-state index is 13.1. The van der Waals surface area contributed by atoms with Crippen LogP contribution in [-0.2, 0) is 12.3 Å². The van der Waals surface area contributed by atoms with Crippen LogP contribution in [0, 0.1) is 5.82 Å². The molecule has 0 amide bonds. The zero-order chi connectivity index (χ0) is 17.8. The smallest absolute Gasteiger partial charge is 0.196 e. The van der Waals surface area contributed by atoms with Gasteiger partial charge in [0, 0.05) is 11.4 Å². The fourth-order valence-electron chi connectivity index (χ4n) is 3.20. The molecule has 2 heterocycles. The minimum absolute atomic E-state index is 0.209. The summed E-state index contributed by atoms with van der Waals surface area (Å²) in [6.07, 6.45) is 2.51. The molecule has 3 aromatic rings. The number of nitrogens with zero attached hydrogens (tertiary/aromatic N) is 4. The van der Waals surface area contributed by atoms with Crippen molar-refractivity contribution in [3.05, 3.63) is 71.8 Å². The van der Waals surface area contributed by atoms with Crippen molar-refractivity contribution in [3.63, 3.8) is 0 Å². The molecule has 2 aromatic carbocycles. The van der Waals surface area contributed by atoms with E-state index in [4.69, 9.17) is 0 Å². The summed E-state index contributed by atoms with van der Waals surface area (Å²) < 4.78 is 15.2. The summed E-state index contributed by atoms with van der Waals surface area (Å²) in [5.74, 6) is 1.49. The van der Waals surface area contributed by atoms with E-state index in [2.05, 4.69) is 31.8 Å². The Bertz CT molecular complexity index is 842. The highest BCUT2D eigenvalue weighted by atomic mass is 32.2. The van der Waals surface area contributed by atoms with E-state index in [1.807, 2.05) is 30.3 Å². The zero-order valence-corrected chi connectivity index (χ0v) is 15.3. The third-order valence-corrected chi connectivity index (χ3v) is 5.56. The minimum Gasteiger partial charge on any atom is -0.296 e. The van der Waals surface area contributed by atoms with Gasteiger partial charge in [0.15, 0.2) is 11.0 Å². The summed E-state index contributed by atoms with van der Waals surface area (Å²) in [5, 5.41) is 9.79. The van der Waals surface area contributed by atoms with Crippen LogP contribution in [0.2, 0.25) is 0 Å². The molecule has 1 aliphatic rings. The van der Waals surface area contributed by atoms with Gasteiger partial charge >= 0.3 is 0 Å². The van der Waals surface area contributed by atoms with Gasteiger partial charge in [-0.05, 0) is 55.8 Å². The first kappa shape index (κ1) is 17.2. The molecule has 4 rings (SSSR count). The lowest BCUT2D eigenvalue weighted by Crippen LogP contribution is -2.21. The Kier molecular flexibility index (Phi) is 5.32. The van der Waals surface area contributed by atoms with Gasteiger partial charge in [0.1, 0.15) is 5.82 Å². The highest BCUT2D eigenvalue weighted by Gasteiger charge is 2.19. The van der Waals surface area contributed by atoms with E-state index in [9.17, 15) is 4.39 Å². The second-order valence-electron chi connectivity index (χ2n) is 6.47. The van der Waals surface area contributed by atoms with Gasteiger partial charge in [0.2, 0.25) is 0 Å². The van der Waals surface area contributed by atoms with Crippen LogP contribution in [0.15, 0.2) is 59.8 Å². The van der Waals surface area contributed by atoms with Crippen LogP contribution in [0.4, 0.5) is 4.39 Å². The lowest BCUT2D eigenvalue weighted by Gasteiger charge is -2.16. The van der Waals surface area contributed by atoms with Gasteiger partial charge in [-0.1, -0.05) is 42.1 Å². The monoisotopic (exact) mass is 368 g/mol. The van der Waals surface area contributed by atoms with Crippen LogP contribution in [0.5, 0.6) is 0 Å². The molecule has 1 aliphatic heterocycles. The van der Waals surface area contributed by atoms with Crippen molar-refractivity contribution < 1.29 is 4.39 Å². The Hall–Kier alpha value is -2.18. The van der Waals surface area contributed by atoms with Crippen molar-refractivity contribution >= 4 is 11.8 Å². The largest absolute Gasteiger partial charge is 0.296 e. The Labute approximate surface area is 157 Å². The molecule has 0 N–H and O–H groups in total. The molecule has 0 unspecified atom stereocenters. The second-order valence-corrected chi connectivity index (χ2v) is 7.41. The average Bonchev–Trinajstić information content (AvgIpc) is 3.32. The summed E-state index contributed by atoms with van der Waals surface area (Å²) in [6.45, 7) is 3.07. The minimum atomic E-state index is -0.209. The van der Waals surface area contributed by atoms with Crippen molar-refractivity contribution in [2.75, 3.05) is 13.1 Å². The van der Waals surface area contributed by atoms with Crippen LogP contribution < -0.4 is 0 Å². The van der Waals surface area contributed by atoms with E-state index in [0.29, 0.717) is 0 Å². The van der Waals surface area contributed by atoms with Crippen LogP contribution >= 0.6 is 11.8 Å². The van der Waals surface area contributed by atoms with E-state index < -0.39 is 0 Å². The summed E-state index contributed by atoms with van der Waals surface area (Å²) >= 11 is 1.63. The predicted octanol–water partition coefficient (Wildman–Crippen LogP) is 4.29. The summed E-state index contributed by atoms with van der Waals surface area (Å²) in [4.78, 5) is 2.43. The summed E-state index contributed by atoms with van der Waals surface area (Å²) in [5.41, 5.74) is 2.15.